The van der Waals surface area contributed by atoms with Gasteiger partial charge in [0.2, 0.25) is 5.91 Å². The molecule has 0 aliphatic carbocycles. The van der Waals surface area contributed by atoms with Crippen molar-refractivity contribution in [2.45, 2.75) is 249 Å². The Hall–Kier alpha value is -1.89. The van der Waals surface area contributed by atoms with Gasteiger partial charge in [-0.25, -0.2) is 0 Å². The van der Waals surface area contributed by atoms with Crippen molar-refractivity contribution in [3.63, 3.8) is 0 Å². The molecule has 1 fully saturated rings. The van der Waals surface area contributed by atoms with Gasteiger partial charge in [-0.2, -0.15) is 0 Å². The third kappa shape index (κ3) is 29.4. The van der Waals surface area contributed by atoms with E-state index in [0.717, 1.165) is 51.4 Å². The highest BCUT2D eigenvalue weighted by molar-refractivity contribution is 5.80. The van der Waals surface area contributed by atoms with Gasteiger partial charge in [-0.1, -0.05) is 184 Å². The van der Waals surface area contributed by atoms with Gasteiger partial charge in [-0.15, -0.1) is 0 Å². The Bertz CT molecular complexity index is 1100. The zero-order valence-corrected chi connectivity index (χ0v) is 38.1. The van der Waals surface area contributed by atoms with Crippen LogP contribution in [-0.4, -0.2) is 98.7 Å². The number of carbonyl (C=O) groups is 1. The number of aliphatic hydroxyl groups is 6. The zero-order chi connectivity index (χ0) is 43.9. The minimum atomic E-state index is -1.62. The Morgan fingerprint density at radius 1 is 0.567 bits per heavy atom. The summed E-state index contributed by atoms with van der Waals surface area (Å²) in [4.78, 5) is 13.0. The number of amides is 1. The van der Waals surface area contributed by atoms with E-state index in [4.69, 9.17) is 9.47 Å². The van der Waals surface area contributed by atoms with Crippen LogP contribution in [0.5, 0.6) is 0 Å². The van der Waals surface area contributed by atoms with Crippen molar-refractivity contribution in [3.8, 4) is 0 Å². The second-order valence-electron chi connectivity index (χ2n) is 17.0. The first kappa shape index (κ1) is 56.1. The van der Waals surface area contributed by atoms with Crippen molar-refractivity contribution in [2.75, 3.05) is 13.2 Å². The zero-order valence-electron chi connectivity index (χ0n) is 38.1. The number of nitrogens with one attached hydrogen (secondary N) is 1. The molecule has 60 heavy (non-hydrogen) atoms. The van der Waals surface area contributed by atoms with E-state index in [1.165, 1.54) is 116 Å². The van der Waals surface area contributed by atoms with Crippen molar-refractivity contribution in [1.29, 1.82) is 0 Å². The van der Waals surface area contributed by atoms with E-state index in [-0.39, 0.29) is 6.61 Å². The first-order valence-electron chi connectivity index (χ1n) is 24.5. The van der Waals surface area contributed by atoms with E-state index in [9.17, 15) is 35.4 Å². The van der Waals surface area contributed by atoms with Crippen molar-refractivity contribution >= 4 is 5.91 Å². The van der Waals surface area contributed by atoms with Crippen LogP contribution in [0.4, 0.5) is 0 Å². The van der Waals surface area contributed by atoms with Gasteiger partial charge < -0.3 is 45.4 Å². The van der Waals surface area contributed by atoms with Crippen LogP contribution in [0, 0.1) is 0 Å². The van der Waals surface area contributed by atoms with Crippen molar-refractivity contribution < 1.29 is 44.9 Å². The van der Waals surface area contributed by atoms with Crippen molar-refractivity contribution in [2.24, 2.45) is 0 Å². The van der Waals surface area contributed by atoms with Crippen molar-refractivity contribution in [3.05, 3.63) is 48.6 Å². The molecule has 10 heteroatoms. The Morgan fingerprint density at radius 3 is 1.50 bits per heavy atom. The van der Waals surface area contributed by atoms with Gasteiger partial charge in [0.1, 0.15) is 30.5 Å². The van der Waals surface area contributed by atoms with Crippen molar-refractivity contribution in [1.82, 2.24) is 5.32 Å². The molecule has 0 radical (unpaired) electrons. The molecule has 1 aliphatic rings. The Balaban J connectivity index is 2.33. The minimum Gasteiger partial charge on any atom is -0.394 e. The number of hydrogen-bond donors (Lipinski definition) is 7. The maximum absolute atomic E-state index is 13.0. The third-order valence-corrected chi connectivity index (χ3v) is 11.5. The summed E-state index contributed by atoms with van der Waals surface area (Å²) in [6.45, 7) is 3.53. The van der Waals surface area contributed by atoms with Gasteiger partial charge in [0, 0.05) is 0 Å². The highest BCUT2D eigenvalue weighted by Gasteiger charge is 2.44. The van der Waals surface area contributed by atoms with E-state index in [1.807, 2.05) is 6.08 Å². The lowest BCUT2D eigenvalue weighted by atomic mass is 9.99. The van der Waals surface area contributed by atoms with Crippen LogP contribution in [0.15, 0.2) is 48.6 Å². The maximum atomic E-state index is 13.0. The molecule has 1 rings (SSSR count). The summed E-state index contributed by atoms with van der Waals surface area (Å²) in [5.74, 6) is -0.636. The van der Waals surface area contributed by atoms with Crippen LogP contribution in [0.3, 0.4) is 0 Å². The average Bonchev–Trinajstić information content (AvgIpc) is 3.25. The van der Waals surface area contributed by atoms with Crippen LogP contribution in [0.1, 0.15) is 200 Å². The van der Waals surface area contributed by atoms with Crippen LogP contribution in [0.2, 0.25) is 0 Å². The van der Waals surface area contributed by atoms with Gasteiger partial charge >= 0.3 is 0 Å². The molecule has 8 atom stereocenters. The summed E-state index contributed by atoms with van der Waals surface area (Å²) in [5, 5.41) is 64.6. The highest BCUT2D eigenvalue weighted by Crippen LogP contribution is 2.23. The summed E-state index contributed by atoms with van der Waals surface area (Å²) in [6, 6.07) is -1.00. The highest BCUT2D eigenvalue weighted by atomic mass is 16.7. The maximum Gasteiger partial charge on any atom is 0.249 e. The number of ether oxygens (including phenoxy) is 2. The molecular weight excluding hydrogens is 759 g/mol. The number of unbranched alkanes of at least 4 members (excludes halogenated alkanes) is 23. The van der Waals surface area contributed by atoms with Crippen LogP contribution < -0.4 is 5.32 Å². The summed E-state index contributed by atoms with van der Waals surface area (Å²) < 4.78 is 11.1. The van der Waals surface area contributed by atoms with E-state index < -0.39 is 61.5 Å². The van der Waals surface area contributed by atoms with Gasteiger partial charge in [0.05, 0.1) is 25.4 Å². The molecule has 0 saturated carbocycles. The van der Waals surface area contributed by atoms with Gasteiger partial charge in [-0.05, 0) is 64.2 Å². The Kier molecular flexibility index (Phi) is 37.3. The van der Waals surface area contributed by atoms with E-state index in [0.29, 0.717) is 19.3 Å². The molecule has 1 aliphatic heterocycles. The monoisotopic (exact) mass is 850 g/mol. The molecule has 8 unspecified atom stereocenters. The quantitative estimate of drug-likeness (QED) is 0.0235. The fourth-order valence-corrected chi connectivity index (χ4v) is 7.41. The molecule has 0 aromatic rings. The molecule has 0 aromatic heterocycles. The molecule has 0 spiro atoms. The van der Waals surface area contributed by atoms with E-state index >= 15 is 0 Å². The predicted octanol–water partition coefficient (Wildman–Crippen LogP) is 9.59. The van der Waals surface area contributed by atoms with E-state index in [1.54, 1.807) is 6.08 Å². The van der Waals surface area contributed by atoms with Crippen LogP contribution in [-0.2, 0) is 14.3 Å². The molecule has 7 N–H and O–H groups in total. The molecule has 1 heterocycles. The van der Waals surface area contributed by atoms with Gasteiger partial charge in [0.25, 0.3) is 0 Å². The molecule has 0 aromatic carbocycles. The van der Waals surface area contributed by atoms with Gasteiger partial charge in [-0.3, -0.25) is 4.79 Å². The first-order valence-corrected chi connectivity index (χ1v) is 24.5. The molecule has 0 bridgehead atoms. The summed E-state index contributed by atoms with van der Waals surface area (Å²) in [5.41, 5.74) is 0. The molecule has 10 nitrogen and oxygen atoms in total. The largest absolute Gasteiger partial charge is 0.394 e. The second-order valence-corrected chi connectivity index (χ2v) is 17.0. The van der Waals surface area contributed by atoms with Crippen LogP contribution in [0.25, 0.3) is 0 Å². The fourth-order valence-electron chi connectivity index (χ4n) is 7.41. The fraction of sp³-hybridized carbons (Fsp3) is 0.820. The molecule has 350 valence electrons. The SMILES string of the molecule is CCCC/C=C/CC/C=C/CC/C=C/C(O)C(COC1OC(CO)C(O)C(O)C1O)NC(=O)C(O)CCCCCCCCC/C=C\CCCCCCCCCCCCCC. The topological polar surface area (TPSA) is 169 Å². The summed E-state index contributed by atoms with van der Waals surface area (Å²) in [7, 11) is 0. The smallest absolute Gasteiger partial charge is 0.249 e. The predicted molar refractivity (Wildman–Crippen MR) is 245 cm³/mol. The first-order chi connectivity index (χ1) is 29.3. The van der Waals surface area contributed by atoms with Crippen LogP contribution >= 0.6 is 0 Å². The number of aliphatic hydroxyl groups excluding tert-OH is 6. The normalized spacial score (nSPS) is 21.5. The number of allylic oxidation sites excluding steroid dienone is 7. The Morgan fingerprint density at radius 2 is 1.00 bits per heavy atom. The number of rotatable bonds is 40. The third-order valence-electron chi connectivity index (χ3n) is 11.5. The lowest BCUT2D eigenvalue weighted by Crippen LogP contribution is -2.60. The molecule has 1 saturated heterocycles. The number of carbonyl (C=O) groups excluding carboxylic acids is 1. The second kappa shape index (κ2) is 39.9. The standard InChI is InChI=1S/C50H91NO9/c1-3-5-7-9-11-13-15-17-18-19-20-21-22-23-24-25-26-27-29-31-33-35-37-39-44(54)49(58)51-42(41-59-50-48(57)47(56)46(55)45(40-52)60-50)43(53)38-36-34-32-30-28-16-14-12-10-8-6-4-2/h10,12,23-24,28,30,36,38,42-48,50,52-57H,3-9,11,13-22,25-27,29,31-35,37,39-41H2,1-2H3,(H,51,58)/b12-10+,24-23-,30-28+,38-36+. The van der Waals surface area contributed by atoms with Gasteiger partial charge in [0.15, 0.2) is 6.29 Å². The summed E-state index contributed by atoms with van der Waals surface area (Å²) in [6.07, 6.45) is 40.7. The lowest BCUT2D eigenvalue weighted by Gasteiger charge is -2.40. The lowest BCUT2D eigenvalue weighted by molar-refractivity contribution is -0.302. The van der Waals surface area contributed by atoms with E-state index in [2.05, 4.69) is 55.6 Å². The Labute approximate surface area is 366 Å². The number of hydrogen-bond acceptors (Lipinski definition) is 9. The average molecular weight is 850 g/mol. The molecule has 1 amide bonds. The summed E-state index contributed by atoms with van der Waals surface area (Å²) >= 11 is 0. The molecular formula is C50H91NO9. The minimum absolute atomic E-state index is 0.295.